The van der Waals surface area contributed by atoms with Gasteiger partial charge in [-0.3, -0.25) is 4.79 Å². The van der Waals surface area contributed by atoms with Gasteiger partial charge in [-0.2, -0.15) is 11.8 Å². The van der Waals surface area contributed by atoms with E-state index in [-0.39, 0.29) is 17.1 Å². The van der Waals surface area contributed by atoms with Crippen LogP contribution in [0.5, 0.6) is 0 Å². The summed E-state index contributed by atoms with van der Waals surface area (Å²) < 4.78 is 0. The summed E-state index contributed by atoms with van der Waals surface area (Å²) >= 11 is 1.60. The molecular weight excluding hydrogens is 217 g/mol. The van der Waals surface area contributed by atoms with Crippen molar-refractivity contribution < 1.29 is 9.90 Å². The maximum absolute atomic E-state index is 10.1. The fourth-order valence-electron chi connectivity index (χ4n) is 0.368. The van der Waals surface area contributed by atoms with Crippen LogP contribution in [0.3, 0.4) is 0 Å². The van der Waals surface area contributed by atoms with Crippen LogP contribution in [0, 0.1) is 0 Å². The predicted molar refractivity (Wildman–Crippen MR) is 44.4 cm³/mol. The van der Waals surface area contributed by atoms with Crippen molar-refractivity contribution in [3.05, 3.63) is 0 Å². The second kappa shape index (κ2) is 7.41. The minimum atomic E-state index is -0.913. The molecule has 0 saturated carbocycles. The van der Waals surface area contributed by atoms with E-state index < -0.39 is 12.0 Å². The second-order valence-corrected chi connectivity index (χ2v) is 2.71. The molecule has 0 unspecified atom stereocenters. The van der Waals surface area contributed by atoms with Crippen molar-refractivity contribution in [3.8, 4) is 0 Å². The Bertz CT molecular complexity index is 102. The van der Waals surface area contributed by atoms with Crippen molar-refractivity contribution in [1.82, 2.24) is 0 Å². The Labute approximate surface area is 75.2 Å². The van der Waals surface area contributed by atoms with Gasteiger partial charge in [0.1, 0.15) is 6.04 Å². The van der Waals surface area contributed by atoms with Gasteiger partial charge in [-0.15, -0.1) is 0 Å². The molecule has 3 nitrogen and oxygen atoms in total. The number of thioether (sulfide) groups is 1. The molecule has 0 fully saturated rings. The number of hydrogen-bond donors (Lipinski definition) is 2. The molecule has 0 aliphatic rings. The van der Waals surface area contributed by atoms with Gasteiger partial charge in [0.25, 0.3) is 0 Å². The molecule has 0 aliphatic heterocycles. The van der Waals surface area contributed by atoms with Gasteiger partial charge in [-0.05, 0) is 18.4 Å². The first-order valence-corrected chi connectivity index (χ1v) is 4.05. The zero-order valence-electron chi connectivity index (χ0n) is 5.74. The molecule has 0 spiro atoms. The minimum Gasteiger partial charge on any atom is -0.480 e. The maximum atomic E-state index is 10.1. The van der Waals surface area contributed by atoms with Gasteiger partial charge in [-0.1, -0.05) is 0 Å². The molecule has 0 aromatic heterocycles. The quantitative estimate of drug-likeness (QED) is 0.652. The smallest absolute Gasteiger partial charge is 0.320 e. The monoisotopic (exact) mass is 229 g/mol. The van der Waals surface area contributed by atoms with Crippen LogP contribution < -0.4 is 5.73 Å². The van der Waals surface area contributed by atoms with Gasteiger partial charge in [0.2, 0.25) is 0 Å². The molecule has 10 heavy (non-hydrogen) atoms. The third-order valence-corrected chi connectivity index (χ3v) is 1.59. The summed E-state index contributed by atoms with van der Waals surface area (Å²) in [7, 11) is 0. The molecule has 3 N–H and O–H groups in total. The van der Waals surface area contributed by atoms with Crippen molar-refractivity contribution in [3.63, 3.8) is 0 Å². The minimum absolute atomic E-state index is 0. The summed E-state index contributed by atoms with van der Waals surface area (Å²) in [5.74, 6) is -0.1000. The fourth-order valence-corrected chi connectivity index (χ4v) is 0.858. The molecular formula is C5H11NO2SSe. The normalized spacial score (nSPS) is 11.8. The summed E-state index contributed by atoms with van der Waals surface area (Å²) in [6, 6.07) is -0.683. The van der Waals surface area contributed by atoms with Crippen LogP contribution in [0.15, 0.2) is 0 Å². The Morgan fingerprint density at radius 2 is 2.30 bits per heavy atom. The second-order valence-electron chi connectivity index (χ2n) is 1.73. The number of carbonyl (C=O) groups is 1. The number of carboxylic acid groups (broad SMARTS) is 1. The van der Waals surface area contributed by atoms with E-state index in [1.165, 1.54) is 0 Å². The van der Waals surface area contributed by atoms with E-state index in [2.05, 4.69) is 0 Å². The Morgan fingerprint density at radius 1 is 1.80 bits per heavy atom. The Balaban J connectivity index is 0. The SMILES string of the molecule is CSCC[C@@H](N)C(=O)O.[Se]. The Morgan fingerprint density at radius 3 is 2.60 bits per heavy atom. The molecule has 0 aromatic rings. The largest absolute Gasteiger partial charge is 0.480 e. The molecule has 0 heterocycles. The number of rotatable bonds is 4. The van der Waals surface area contributed by atoms with Gasteiger partial charge in [0, 0.05) is 17.1 Å². The van der Waals surface area contributed by atoms with Gasteiger partial charge < -0.3 is 10.8 Å². The molecule has 1 atom stereocenters. The summed E-state index contributed by atoms with van der Waals surface area (Å²) in [4.78, 5) is 10.1. The number of aliphatic carboxylic acids is 1. The van der Waals surface area contributed by atoms with Crippen molar-refractivity contribution in [2.24, 2.45) is 5.73 Å². The number of nitrogens with two attached hydrogens (primary N) is 1. The van der Waals surface area contributed by atoms with E-state index in [9.17, 15) is 4.79 Å². The van der Waals surface area contributed by atoms with Crippen molar-refractivity contribution in [2.75, 3.05) is 12.0 Å². The molecule has 2 radical (unpaired) electrons. The van der Waals surface area contributed by atoms with E-state index in [4.69, 9.17) is 10.8 Å². The molecule has 0 amide bonds. The van der Waals surface area contributed by atoms with Crippen LogP contribution in [0.4, 0.5) is 0 Å². The molecule has 0 rings (SSSR count). The van der Waals surface area contributed by atoms with Gasteiger partial charge in [0.05, 0.1) is 0 Å². The maximum Gasteiger partial charge on any atom is 0.320 e. The number of hydrogen-bond acceptors (Lipinski definition) is 3. The topological polar surface area (TPSA) is 63.3 Å². The zero-order valence-corrected chi connectivity index (χ0v) is 8.27. The molecule has 0 saturated heterocycles. The van der Waals surface area contributed by atoms with Crippen LogP contribution in [0.2, 0.25) is 0 Å². The van der Waals surface area contributed by atoms with Crippen LogP contribution in [0.1, 0.15) is 6.42 Å². The van der Waals surface area contributed by atoms with Crippen LogP contribution in [0.25, 0.3) is 0 Å². The van der Waals surface area contributed by atoms with Crippen molar-refractivity contribution in [1.29, 1.82) is 0 Å². The summed E-state index contributed by atoms with van der Waals surface area (Å²) in [6.07, 6.45) is 2.48. The Hall–Kier alpha value is 0.299. The summed E-state index contributed by atoms with van der Waals surface area (Å²) in [5, 5.41) is 8.27. The fraction of sp³-hybridized carbons (Fsp3) is 0.800. The van der Waals surface area contributed by atoms with E-state index in [1.807, 2.05) is 6.26 Å². The molecule has 0 aliphatic carbocycles. The van der Waals surface area contributed by atoms with E-state index >= 15 is 0 Å². The molecule has 0 aromatic carbocycles. The average molecular weight is 228 g/mol. The third kappa shape index (κ3) is 6.42. The van der Waals surface area contributed by atoms with Crippen LogP contribution in [-0.4, -0.2) is 46.2 Å². The summed E-state index contributed by atoms with van der Waals surface area (Å²) in [5.41, 5.74) is 5.19. The van der Waals surface area contributed by atoms with Crippen molar-refractivity contribution in [2.45, 2.75) is 12.5 Å². The van der Waals surface area contributed by atoms with Gasteiger partial charge in [-0.25, -0.2) is 0 Å². The first-order valence-electron chi connectivity index (χ1n) is 2.65. The Kier molecular flexibility index (Phi) is 9.58. The first-order chi connectivity index (χ1) is 4.18. The average Bonchev–Trinajstić information content (AvgIpc) is 1.82. The van der Waals surface area contributed by atoms with E-state index in [0.29, 0.717) is 6.42 Å². The first kappa shape index (κ1) is 12.9. The van der Waals surface area contributed by atoms with Crippen LogP contribution in [-0.2, 0) is 4.79 Å². The predicted octanol–water partition coefficient (Wildman–Crippen LogP) is -0.229. The van der Waals surface area contributed by atoms with Crippen molar-refractivity contribution >= 4 is 34.8 Å². The van der Waals surface area contributed by atoms with E-state index in [0.717, 1.165) is 5.75 Å². The van der Waals surface area contributed by atoms with E-state index in [1.54, 1.807) is 11.8 Å². The third-order valence-electron chi connectivity index (χ3n) is 0.950. The van der Waals surface area contributed by atoms with Gasteiger partial charge in [0.15, 0.2) is 0 Å². The summed E-state index contributed by atoms with van der Waals surface area (Å²) in [6.45, 7) is 0. The van der Waals surface area contributed by atoms with Gasteiger partial charge >= 0.3 is 5.97 Å². The standard InChI is InChI=1S/C5H11NO2S.Se/c1-9-3-2-4(6)5(7)8;/h4H,2-3,6H2,1H3,(H,7,8);/t4-;/m1./s1. The van der Waals surface area contributed by atoms with Crippen LogP contribution >= 0.6 is 11.8 Å². The zero-order chi connectivity index (χ0) is 7.28. The molecule has 0 bridgehead atoms. The molecule has 60 valence electrons. The number of carboxylic acids is 1. The molecule has 5 heteroatoms.